The van der Waals surface area contributed by atoms with Crippen molar-refractivity contribution in [3.8, 4) is 0 Å². The first kappa shape index (κ1) is 6.96. The lowest BCUT2D eigenvalue weighted by Crippen LogP contribution is -2.13. The molecule has 0 spiro atoms. The third-order valence-electron chi connectivity index (χ3n) is 1.01. The number of hydrogen-bond acceptors (Lipinski definition) is 1. The quantitative estimate of drug-likeness (QED) is 0.573. The summed E-state index contributed by atoms with van der Waals surface area (Å²) in [6, 6.07) is 0.403. The lowest BCUT2D eigenvalue weighted by Gasteiger charge is -1.99. The molecule has 0 aromatic carbocycles. The van der Waals surface area contributed by atoms with Crippen molar-refractivity contribution in [3.05, 3.63) is 0 Å². The molecule has 0 aromatic rings. The largest absolute Gasteiger partial charge is 0.328 e. The first-order valence-corrected chi connectivity index (χ1v) is 3.03. The van der Waals surface area contributed by atoms with Gasteiger partial charge in [-0.25, -0.2) is 0 Å². The van der Waals surface area contributed by atoms with E-state index in [2.05, 4.69) is 13.8 Å². The maximum atomic E-state index is 5.48. The Balaban J connectivity index is 2.68. The van der Waals surface area contributed by atoms with Crippen molar-refractivity contribution >= 4 is 0 Å². The zero-order valence-corrected chi connectivity index (χ0v) is 5.28. The fourth-order valence-electron chi connectivity index (χ4n) is 0.526. The second kappa shape index (κ2) is 4.13. The van der Waals surface area contributed by atoms with Crippen LogP contribution in [0.15, 0.2) is 0 Å². The highest BCUT2D eigenvalue weighted by molar-refractivity contribution is 4.50. The SMILES string of the molecule is CCCC[C@@H](C)N. The molecule has 44 valence electrons. The van der Waals surface area contributed by atoms with E-state index in [1.807, 2.05) is 0 Å². The smallest absolute Gasteiger partial charge is 0.00104 e. The molecule has 7 heavy (non-hydrogen) atoms. The molecule has 0 bridgehead atoms. The van der Waals surface area contributed by atoms with Crippen LogP contribution in [-0.2, 0) is 0 Å². The van der Waals surface area contributed by atoms with Crippen molar-refractivity contribution in [1.29, 1.82) is 0 Å². The zero-order chi connectivity index (χ0) is 5.70. The molecule has 0 saturated heterocycles. The van der Waals surface area contributed by atoms with Crippen LogP contribution in [0, 0.1) is 0 Å². The molecule has 0 heterocycles. The Labute approximate surface area is 45.9 Å². The first-order chi connectivity index (χ1) is 3.27. The zero-order valence-electron chi connectivity index (χ0n) is 5.28. The average Bonchev–Trinajstić information content (AvgIpc) is 1.61. The van der Waals surface area contributed by atoms with Crippen LogP contribution in [0.3, 0.4) is 0 Å². The molecule has 2 N–H and O–H groups in total. The van der Waals surface area contributed by atoms with E-state index in [-0.39, 0.29) is 0 Å². The van der Waals surface area contributed by atoms with Crippen LogP contribution >= 0.6 is 0 Å². The van der Waals surface area contributed by atoms with E-state index < -0.39 is 0 Å². The molecule has 0 rings (SSSR count). The van der Waals surface area contributed by atoms with Crippen molar-refractivity contribution in [3.63, 3.8) is 0 Å². The van der Waals surface area contributed by atoms with Gasteiger partial charge in [-0.2, -0.15) is 0 Å². The minimum atomic E-state index is 0.403. The van der Waals surface area contributed by atoms with E-state index in [1.165, 1.54) is 19.3 Å². The van der Waals surface area contributed by atoms with E-state index in [0.29, 0.717) is 6.04 Å². The molecule has 0 fully saturated rings. The van der Waals surface area contributed by atoms with Crippen LogP contribution < -0.4 is 5.73 Å². The standard InChI is InChI=1S/C6H15N/c1-3-4-5-6(2)7/h6H,3-5,7H2,1-2H3/t6-/m1/s1. The topological polar surface area (TPSA) is 26.0 Å². The number of hydrogen-bond donors (Lipinski definition) is 1. The predicted octanol–water partition coefficient (Wildman–Crippen LogP) is 1.52. The highest BCUT2D eigenvalue weighted by Gasteiger charge is 1.88. The van der Waals surface area contributed by atoms with Crippen LogP contribution in [0.1, 0.15) is 33.1 Å². The molecule has 0 radical (unpaired) electrons. The van der Waals surface area contributed by atoms with Crippen LogP contribution in [0.5, 0.6) is 0 Å². The summed E-state index contributed by atoms with van der Waals surface area (Å²) in [6.45, 7) is 4.23. The summed E-state index contributed by atoms with van der Waals surface area (Å²) >= 11 is 0. The summed E-state index contributed by atoms with van der Waals surface area (Å²) in [7, 11) is 0. The van der Waals surface area contributed by atoms with Gasteiger partial charge in [0, 0.05) is 6.04 Å². The molecule has 1 heteroatoms. The maximum absolute atomic E-state index is 5.48. The lowest BCUT2D eigenvalue weighted by atomic mass is 10.2. The molecular weight excluding hydrogens is 86.1 g/mol. The molecule has 0 unspecified atom stereocenters. The Kier molecular flexibility index (Phi) is 4.10. The predicted molar refractivity (Wildman–Crippen MR) is 33.2 cm³/mol. The van der Waals surface area contributed by atoms with Crippen LogP contribution in [0.2, 0.25) is 0 Å². The van der Waals surface area contributed by atoms with Gasteiger partial charge in [-0.3, -0.25) is 0 Å². The monoisotopic (exact) mass is 101 g/mol. The highest BCUT2D eigenvalue weighted by Crippen LogP contribution is 1.95. The second-order valence-corrected chi connectivity index (χ2v) is 2.12. The number of unbranched alkanes of at least 4 members (excludes halogenated alkanes) is 1. The summed E-state index contributed by atoms with van der Waals surface area (Å²) in [5, 5.41) is 0. The van der Waals surface area contributed by atoms with Gasteiger partial charge in [-0.05, 0) is 13.3 Å². The summed E-state index contributed by atoms with van der Waals surface area (Å²) in [5.41, 5.74) is 5.48. The number of nitrogens with two attached hydrogens (primary N) is 1. The van der Waals surface area contributed by atoms with Crippen LogP contribution in [-0.4, -0.2) is 6.04 Å². The van der Waals surface area contributed by atoms with E-state index in [1.54, 1.807) is 0 Å². The molecule has 0 aliphatic carbocycles. The summed E-state index contributed by atoms with van der Waals surface area (Å²) in [6.07, 6.45) is 3.72. The Morgan fingerprint density at radius 1 is 1.57 bits per heavy atom. The van der Waals surface area contributed by atoms with E-state index in [4.69, 9.17) is 5.73 Å². The van der Waals surface area contributed by atoms with E-state index >= 15 is 0 Å². The lowest BCUT2D eigenvalue weighted by molar-refractivity contribution is 0.616. The van der Waals surface area contributed by atoms with E-state index in [9.17, 15) is 0 Å². The third-order valence-corrected chi connectivity index (χ3v) is 1.01. The van der Waals surface area contributed by atoms with Crippen molar-refractivity contribution in [2.75, 3.05) is 0 Å². The molecule has 0 saturated carbocycles. The molecule has 0 amide bonds. The molecule has 0 aliphatic heterocycles. The Hall–Kier alpha value is -0.0400. The second-order valence-electron chi connectivity index (χ2n) is 2.12. The van der Waals surface area contributed by atoms with Gasteiger partial charge >= 0.3 is 0 Å². The van der Waals surface area contributed by atoms with Crippen molar-refractivity contribution < 1.29 is 0 Å². The normalized spacial score (nSPS) is 14.1. The van der Waals surface area contributed by atoms with Gasteiger partial charge in [-0.1, -0.05) is 19.8 Å². The van der Waals surface area contributed by atoms with Crippen molar-refractivity contribution in [2.45, 2.75) is 39.2 Å². The fraction of sp³-hybridized carbons (Fsp3) is 1.00. The summed E-state index contributed by atoms with van der Waals surface area (Å²) in [4.78, 5) is 0. The van der Waals surface area contributed by atoms with Gasteiger partial charge in [0.05, 0.1) is 0 Å². The van der Waals surface area contributed by atoms with Gasteiger partial charge in [0.25, 0.3) is 0 Å². The van der Waals surface area contributed by atoms with Gasteiger partial charge in [0.1, 0.15) is 0 Å². The third kappa shape index (κ3) is 5.96. The van der Waals surface area contributed by atoms with Crippen LogP contribution in [0.25, 0.3) is 0 Å². The Morgan fingerprint density at radius 3 is 2.29 bits per heavy atom. The van der Waals surface area contributed by atoms with Gasteiger partial charge in [-0.15, -0.1) is 0 Å². The number of rotatable bonds is 3. The Morgan fingerprint density at radius 2 is 2.14 bits per heavy atom. The maximum Gasteiger partial charge on any atom is 0.00104 e. The highest BCUT2D eigenvalue weighted by atomic mass is 14.6. The molecular formula is C6H15N. The van der Waals surface area contributed by atoms with Crippen LogP contribution in [0.4, 0.5) is 0 Å². The first-order valence-electron chi connectivity index (χ1n) is 3.03. The fourth-order valence-corrected chi connectivity index (χ4v) is 0.526. The average molecular weight is 101 g/mol. The Bertz CT molecular complexity index is 33.2. The van der Waals surface area contributed by atoms with Crippen molar-refractivity contribution in [1.82, 2.24) is 0 Å². The molecule has 0 aliphatic rings. The molecule has 0 aromatic heterocycles. The molecule has 1 atom stereocenters. The van der Waals surface area contributed by atoms with Gasteiger partial charge < -0.3 is 5.73 Å². The minimum Gasteiger partial charge on any atom is -0.328 e. The van der Waals surface area contributed by atoms with E-state index in [0.717, 1.165) is 0 Å². The van der Waals surface area contributed by atoms with Crippen molar-refractivity contribution in [2.24, 2.45) is 5.73 Å². The minimum absolute atomic E-state index is 0.403. The van der Waals surface area contributed by atoms with Gasteiger partial charge in [0.15, 0.2) is 0 Å². The molecule has 1 nitrogen and oxygen atoms in total. The summed E-state index contributed by atoms with van der Waals surface area (Å²) in [5.74, 6) is 0. The summed E-state index contributed by atoms with van der Waals surface area (Å²) < 4.78 is 0. The van der Waals surface area contributed by atoms with Gasteiger partial charge in [0.2, 0.25) is 0 Å².